The van der Waals surface area contributed by atoms with Gasteiger partial charge in [-0.05, 0) is 17.2 Å². The Balaban J connectivity index is 1.76. The van der Waals surface area contributed by atoms with E-state index in [2.05, 4.69) is 10.6 Å². The number of non-ortho nitro benzene ring substituents is 1. The van der Waals surface area contributed by atoms with E-state index in [1.54, 1.807) is 36.4 Å². The molecule has 198 valence electrons. The predicted octanol–water partition coefficient (Wildman–Crippen LogP) is 2.65. The number of carbonyl (C=O) groups excluding carboxylic acids is 3. The zero-order chi connectivity index (χ0) is 27.5. The Morgan fingerprint density at radius 2 is 1.53 bits per heavy atom. The fourth-order valence-corrected chi connectivity index (χ4v) is 3.72. The van der Waals surface area contributed by atoms with Gasteiger partial charge >= 0.3 is 6.09 Å². The lowest BCUT2D eigenvalue weighted by Crippen LogP contribution is -2.54. The maximum Gasteiger partial charge on any atom is 0.408 e. The van der Waals surface area contributed by atoms with Gasteiger partial charge in [-0.25, -0.2) is 4.79 Å². The van der Waals surface area contributed by atoms with Gasteiger partial charge in [-0.1, -0.05) is 60.7 Å². The first-order chi connectivity index (χ1) is 18.3. The number of nitrogens with one attached hydrogen (secondary N) is 2. The highest BCUT2D eigenvalue weighted by atomic mass is 16.6. The van der Waals surface area contributed by atoms with Crippen LogP contribution in [0.5, 0.6) is 5.75 Å². The molecule has 4 N–H and O–H groups in total. The average molecular weight is 521 g/mol. The van der Waals surface area contributed by atoms with Crippen LogP contribution in [0, 0.1) is 10.1 Å². The summed E-state index contributed by atoms with van der Waals surface area (Å²) in [5, 5.41) is 16.3. The molecule has 3 aromatic rings. The molecule has 0 unspecified atom stereocenters. The third-order valence-corrected chi connectivity index (χ3v) is 5.66. The van der Waals surface area contributed by atoms with Crippen molar-refractivity contribution in [1.82, 2.24) is 10.6 Å². The number of nitro groups is 1. The number of nitrogens with two attached hydrogens (primary N) is 1. The number of primary amides is 1. The summed E-state index contributed by atoms with van der Waals surface area (Å²) in [4.78, 5) is 48.7. The summed E-state index contributed by atoms with van der Waals surface area (Å²) in [5.41, 5.74) is 7.17. The molecule has 38 heavy (non-hydrogen) atoms. The minimum Gasteiger partial charge on any atom is -0.496 e. The molecule has 2 atom stereocenters. The summed E-state index contributed by atoms with van der Waals surface area (Å²) >= 11 is 0. The van der Waals surface area contributed by atoms with Gasteiger partial charge in [0.2, 0.25) is 11.8 Å². The lowest BCUT2D eigenvalue weighted by atomic mass is 10.0. The van der Waals surface area contributed by atoms with Crippen LogP contribution in [0.4, 0.5) is 10.5 Å². The summed E-state index contributed by atoms with van der Waals surface area (Å²) in [6.45, 7) is 0.00282. The fourth-order valence-electron chi connectivity index (χ4n) is 3.72. The molecule has 0 bridgehead atoms. The van der Waals surface area contributed by atoms with Gasteiger partial charge in [0.05, 0.1) is 12.0 Å². The molecule has 0 saturated heterocycles. The molecule has 0 aliphatic rings. The third kappa shape index (κ3) is 8.05. The van der Waals surface area contributed by atoms with Crippen LogP contribution in [0.2, 0.25) is 0 Å². The summed E-state index contributed by atoms with van der Waals surface area (Å²) in [6, 6.07) is 19.6. The third-order valence-electron chi connectivity index (χ3n) is 5.66. The van der Waals surface area contributed by atoms with Gasteiger partial charge in [-0.15, -0.1) is 0 Å². The van der Waals surface area contributed by atoms with Crippen LogP contribution in [0.3, 0.4) is 0 Å². The normalized spacial score (nSPS) is 12.0. The smallest absolute Gasteiger partial charge is 0.408 e. The van der Waals surface area contributed by atoms with Crippen LogP contribution in [0.25, 0.3) is 0 Å². The Hall–Kier alpha value is -4.93. The second-order valence-electron chi connectivity index (χ2n) is 8.37. The maximum absolute atomic E-state index is 13.3. The van der Waals surface area contributed by atoms with Crippen LogP contribution in [0.15, 0.2) is 78.9 Å². The highest BCUT2D eigenvalue weighted by molar-refractivity contribution is 5.91. The Labute approximate surface area is 219 Å². The topological polar surface area (TPSA) is 163 Å². The van der Waals surface area contributed by atoms with E-state index in [4.69, 9.17) is 15.2 Å². The van der Waals surface area contributed by atoms with Crippen LogP contribution in [-0.2, 0) is 33.8 Å². The standard InChI is InChI=1S/C27H28N4O7/c1-37-24-13-12-21(31(35)36)15-20(24)16-22(25(28)32)29-26(33)23(14-18-8-4-2-5-9-18)30-27(34)38-17-19-10-6-3-7-11-19/h2-13,15,22-23H,14,16-17H2,1H3,(H2,28,32)(H,29,33)(H,30,34)/t22-,23-/m0/s1. The average Bonchev–Trinajstić information content (AvgIpc) is 2.92. The van der Waals surface area contributed by atoms with Gasteiger partial charge < -0.3 is 25.8 Å². The molecule has 0 aliphatic carbocycles. The van der Waals surface area contributed by atoms with Crippen molar-refractivity contribution in [3.05, 3.63) is 106 Å². The van der Waals surface area contributed by atoms with Crippen molar-refractivity contribution in [2.45, 2.75) is 31.5 Å². The van der Waals surface area contributed by atoms with Gasteiger partial charge in [0, 0.05) is 30.5 Å². The van der Waals surface area contributed by atoms with Crippen LogP contribution in [0.1, 0.15) is 16.7 Å². The molecule has 0 aliphatic heterocycles. The quantitative estimate of drug-likeness (QED) is 0.244. The number of nitrogens with zero attached hydrogens (tertiary/aromatic N) is 1. The van der Waals surface area contributed by atoms with Crippen LogP contribution in [-0.4, -0.2) is 42.0 Å². The van der Waals surface area contributed by atoms with Crippen molar-refractivity contribution >= 4 is 23.6 Å². The Kier molecular flexibility index (Phi) is 9.75. The number of rotatable bonds is 12. The van der Waals surface area contributed by atoms with Crippen molar-refractivity contribution < 1.29 is 28.8 Å². The van der Waals surface area contributed by atoms with E-state index in [1.165, 1.54) is 25.3 Å². The molecule has 0 radical (unpaired) electrons. The molecule has 11 nitrogen and oxygen atoms in total. The first-order valence-electron chi connectivity index (χ1n) is 11.7. The molecular formula is C27H28N4O7. The molecule has 0 saturated carbocycles. The monoisotopic (exact) mass is 520 g/mol. The zero-order valence-electron chi connectivity index (χ0n) is 20.7. The number of carbonyl (C=O) groups is 3. The predicted molar refractivity (Wildman–Crippen MR) is 138 cm³/mol. The van der Waals surface area contributed by atoms with Crippen molar-refractivity contribution in [3.63, 3.8) is 0 Å². The molecule has 0 spiro atoms. The second-order valence-corrected chi connectivity index (χ2v) is 8.37. The van der Waals surface area contributed by atoms with Gasteiger partial charge in [-0.2, -0.15) is 0 Å². The van der Waals surface area contributed by atoms with E-state index >= 15 is 0 Å². The molecular weight excluding hydrogens is 492 g/mol. The number of amides is 3. The van der Waals surface area contributed by atoms with Crippen molar-refractivity contribution in [3.8, 4) is 5.75 Å². The SMILES string of the molecule is COc1ccc([N+](=O)[O-])cc1C[C@H](NC(=O)[C@H](Cc1ccccc1)NC(=O)OCc1ccccc1)C(N)=O. The number of hydrogen-bond acceptors (Lipinski definition) is 7. The zero-order valence-corrected chi connectivity index (χ0v) is 20.7. The number of methoxy groups -OCH3 is 1. The second kappa shape index (κ2) is 13.4. The van der Waals surface area contributed by atoms with E-state index in [0.29, 0.717) is 11.3 Å². The first kappa shape index (κ1) is 27.7. The number of ether oxygens (including phenoxy) is 2. The highest BCUT2D eigenvalue weighted by Crippen LogP contribution is 2.25. The van der Waals surface area contributed by atoms with Gasteiger partial charge in [0.25, 0.3) is 5.69 Å². The molecule has 0 heterocycles. The number of nitro benzene ring substituents is 1. The summed E-state index contributed by atoms with van der Waals surface area (Å²) in [6.07, 6.45) is -0.873. The lowest BCUT2D eigenvalue weighted by Gasteiger charge is -2.22. The number of alkyl carbamates (subject to hydrolysis) is 1. The van der Waals surface area contributed by atoms with Crippen molar-refractivity contribution in [2.75, 3.05) is 7.11 Å². The summed E-state index contributed by atoms with van der Waals surface area (Å²) < 4.78 is 10.5. The fraction of sp³-hybridized carbons (Fsp3) is 0.222. The molecule has 11 heteroatoms. The number of benzene rings is 3. The van der Waals surface area contributed by atoms with Gasteiger partial charge in [0.1, 0.15) is 24.4 Å². The summed E-state index contributed by atoms with van der Waals surface area (Å²) in [7, 11) is 1.38. The van der Waals surface area contributed by atoms with Crippen LogP contribution < -0.4 is 21.1 Å². The van der Waals surface area contributed by atoms with Gasteiger partial charge in [0.15, 0.2) is 0 Å². The Morgan fingerprint density at radius 1 is 0.895 bits per heavy atom. The van der Waals surface area contributed by atoms with E-state index in [0.717, 1.165) is 11.1 Å². The minimum atomic E-state index is -1.24. The molecule has 3 amide bonds. The summed E-state index contributed by atoms with van der Waals surface area (Å²) in [5.74, 6) is -1.25. The van der Waals surface area contributed by atoms with Crippen LogP contribution >= 0.6 is 0 Å². The first-order valence-corrected chi connectivity index (χ1v) is 11.7. The maximum atomic E-state index is 13.3. The number of hydrogen-bond donors (Lipinski definition) is 3. The highest BCUT2D eigenvalue weighted by Gasteiger charge is 2.28. The van der Waals surface area contributed by atoms with E-state index in [1.807, 2.05) is 24.3 Å². The van der Waals surface area contributed by atoms with E-state index < -0.39 is 34.9 Å². The largest absolute Gasteiger partial charge is 0.496 e. The molecule has 0 fully saturated rings. The van der Waals surface area contributed by atoms with Crippen molar-refractivity contribution in [2.24, 2.45) is 5.73 Å². The molecule has 3 aromatic carbocycles. The van der Waals surface area contributed by atoms with E-state index in [-0.39, 0.29) is 25.1 Å². The van der Waals surface area contributed by atoms with Gasteiger partial charge in [-0.3, -0.25) is 19.7 Å². The Morgan fingerprint density at radius 3 is 2.11 bits per heavy atom. The lowest BCUT2D eigenvalue weighted by molar-refractivity contribution is -0.384. The van der Waals surface area contributed by atoms with E-state index in [9.17, 15) is 24.5 Å². The molecule has 0 aromatic heterocycles. The minimum absolute atomic E-state index is 0.00282. The molecule has 3 rings (SSSR count). The van der Waals surface area contributed by atoms with Crippen molar-refractivity contribution in [1.29, 1.82) is 0 Å². The Bertz CT molecular complexity index is 1270.